The number of benzene rings is 2. The van der Waals surface area contributed by atoms with Gasteiger partial charge < -0.3 is 10.1 Å². The summed E-state index contributed by atoms with van der Waals surface area (Å²) in [7, 11) is 1.66. The van der Waals surface area contributed by atoms with Crippen LogP contribution >= 0.6 is 0 Å². The summed E-state index contributed by atoms with van der Waals surface area (Å²) in [6.07, 6.45) is 2.14. The van der Waals surface area contributed by atoms with Gasteiger partial charge in [-0.05, 0) is 54.8 Å². The van der Waals surface area contributed by atoms with E-state index in [1.54, 1.807) is 19.2 Å². The fourth-order valence-electron chi connectivity index (χ4n) is 3.26. The predicted molar refractivity (Wildman–Crippen MR) is 94.8 cm³/mol. The highest BCUT2D eigenvalue weighted by Gasteiger charge is 2.27. The van der Waals surface area contributed by atoms with Crippen molar-refractivity contribution in [3.63, 3.8) is 0 Å². The van der Waals surface area contributed by atoms with E-state index in [-0.39, 0.29) is 17.8 Å². The number of halogens is 1. The Morgan fingerprint density at radius 3 is 2.60 bits per heavy atom. The second-order valence-electron chi connectivity index (χ2n) is 6.30. The van der Waals surface area contributed by atoms with Crippen molar-refractivity contribution in [3.05, 3.63) is 65.5 Å². The van der Waals surface area contributed by atoms with E-state index in [0.29, 0.717) is 13.1 Å². The second-order valence-corrected chi connectivity index (χ2v) is 6.30. The molecule has 0 saturated carbocycles. The summed E-state index contributed by atoms with van der Waals surface area (Å²) in [5, 5.41) is 2.91. The number of hydrogen-bond donors (Lipinski definition) is 1. The second kappa shape index (κ2) is 8.12. The molecule has 2 aromatic rings. The van der Waals surface area contributed by atoms with Crippen LogP contribution in [0.1, 0.15) is 30.0 Å². The number of hydrogen-bond acceptors (Lipinski definition) is 3. The molecule has 1 amide bonds. The van der Waals surface area contributed by atoms with Crippen LogP contribution in [0.2, 0.25) is 0 Å². The standard InChI is InChI=1S/C20H23FN2O2/c1-25-18-10-6-16(7-11-18)19-3-2-12-23(19)14-20(24)22-13-15-4-8-17(21)9-5-15/h4-11,19H,2-3,12-14H2,1H3,(H,22,24). The summed E-state index contributed by atoms with van der Waals surface area (Å²) in [5.41, 5.74) is 2.10. The maximum Gasteiger partial charge on any atom is 0.234 e. The van der Waals surface area contributed by atoms with Gasteiger partial charge in [0.2, 0.25) is 5.91 Å². The minimum absolute atomic E-state index is 0.00950. The van der Waals surface area contributed by atoms with Crippen LogP contribution in [0.4, 0.5) is 4.39 Å². The molecular formula is C20H23FN2O2. The predicted octanol–water partition coefficient (Wildman–Crippen LogP) is 3.29. The number of carbonyl (C=O) groups is 1. The van der Waals surface area contributed by atoms with Gasteiger partial charge >= 0.3 is 0 Å². The maximum atomic E-state index is 12.9. The number of nitrogens with one attached hydrogen (secondary N) is 1. The van der Waals surface area contributed by atoms with Crippen molar-refractivity contribution in [2.24, 2.45) is 0 Å². The summed E-state index contributed by atoms with van der Waals surface area (Å²) < 4.78 is 18.1. The molecule has 25 heavy (non-hydrogen) atoms. The number of likely N-dealkylation sites (tertiary alicyclic amines) is 1. The molecule has 0 aromatic heterocycles. The smallest absolute Gasteiger partial charge is 0.234 e. The SMILES string of the molecule is COc1ccc(C2CCCN2CC(=O)NCc2ccc(F)cc2)cc1. The lowest BCUT2D eigenvalue weighted by Crippen LogP contribution is -2.36. The number of ether oxygens (including phenoxy) is 1. The molecule has 1 saturated heterocycles. The first-order chi connectivity index (χ1) is 12.2. The van der Waals surface area contributed by atoms with Gasteiger partial charge in [0.25, 0.3) is 0 Å². The average molecular weight is 342 g/mol. The Bertz CT molecular complexity index is 701. The van der Waals surface area contributed by atoms with Crippen LogP contribution in [0.5, 0.6) is 5.75 Å². The lowest BCUT2D eigenvalue weighted by Gasteiger charge is -2.24. The van der Waals surface area contributed by atoms with Gasteiger partial charge in [-0.25, -0.2) is 4.39 Å². The third-order valence-corrected chi connectivity index (χ3v) is 4.61. The van der Waals surface area contributed by atoms with Crippen molar-refractivity contribution >= 4 is 5.91 Å². The Labute approximate surface area is 147 Å². The molecule has 1 fully saturated rings. The number of methoxy groups -OCH3 is 1. The first-order valence-corrected chi connectivity index (χ1v) is 8.55. The van der Waals surface area contributed by atoms with Crippen LogP contribution in [0.3, 0.4) is 0 Å². The van der Waals surface area contributed by atoms with E-state index in [1.165, 1.54) is 17.7 Å². The van der Waals surface area contributed by atoms with Crippen LogP contribution < -0.4 is 10.1 Å². The topological polar surface area (TPSA) is 41.6 Å². The van der Waals surface area contributed by atoms with Crippen molar-refractivity contribution < 1.29 is 13.9 Å². The van der Waals surface area contributed by atoms with Crippen molar-refractivity contribution in [3.8, 4) is 5.75 Å². The molecule has 2 aromatic carbocycles. The van der Waals surface area contributed by atoms with E-state index in [9.17, 15) is 9.18 Å². The Hall–Kier alpha value is -2.40. The largest absolute Gasteiger partial charge is 0.497 e. The van der Waals surface area contributed by atoms with Crippen LogP contribution in [-0.2, 0) is 11.3 Å². The quantitative estimate of drug-likeness (QED) is 0.876. The van der Waals surface area contributed by atoms with Crippen LogP contribution in [0, 0.1) is 5.82 Å². The summed E-state index contributed by atoms with van der Waals surface area (Å²) >= 11 is 0. The van der Waals surface area contributed by atoms with E-state index < -0.39 is 0 Å². The zero-order valence-electron chi connectivity index (χ0n) is 14.4. The number of nitrogens with zero attached hydrogens (tertiary/aromatic N) is 1. The molecule has 1 aliphatic heterocycles. The van der Waals surface area contributed by atoms with Crippen LogP contribution in [0.25, 0.3) is 0 Å². The summed E-state index contributed by atoms with van der Waals surface area (Å²) in [6.45, 7) is 1.71. The summed E-state index contributed by atoms with van der Waals surface area (Å²) in [5.74, 6) is 0.560. The molecule has 0 radical (unpaired) electrons. The molecule has 0 bridgehead atoms. The Kier molecular flexibility index (Phi) is 5.66. The zero-order chi connectivity index (χ0) is 17.6. The van der Waals surface area contributed by atoms with Gasteiger partial charge in [-0.3, -0.25) is 9.69 Å². The molecular weight excluding hydrogens is 319 g/mol. The number of carbonyl (C=O) groups excluding carboxylic acids is 1. The fraction of sp³-hybridized carbons (Fsp3) is 0.350. The monoisotopic (exact) mass is 342 g/mol. The Morgan fingerprint density at radius 1 is 1.20 bits per heavy atom. The van der Waals surface area contributed by atoms with E-state index >= 15 is 0 Å². The number of amides is 1. The molecule has 0 aliphatic carbocycles. The minimum atomic E-state index is -0.269. The van der Waals surface area contributed by atoms with E-state index in [0.717, 1.165) is 30.7 Å². The van der Waals surface area contributed by atoms with E-state index in [2.05, 4.69) is 22.3 Å². The Balaban J connectivity index is 1.55. The van der Waals surface area contributed by atoms with Gasteiger partial charge in [0, 0.05) is 12.6 Å². The summed E-state index contributed by atoms with van der Waals surface area (Å²) in [4.78, 5) is 14.5. The highest BCUT2D eigenvalue weighted by Crippen LogP contribution is 2.32. The lowest BCUT2D eigenvalue weighted by molar-refractivity contribution is -0.122. The first-order valence-electron chi connectivity index (χ1n) is 8.55. The molecule has 1 N–H and O–H groups in total. The van der Waals surface area contributed by atoms with Gasteiger partial charge in [0.15, 0.2) is 0 Å². The fourth-order valence-corrected chi connectivity index (χ4v) is 3.26. The third kappa shape index (κ3) is 4.57. The zero-order valence-corrected chi connectivity index (χ0v) is 14.4. The van der Waals surface area contributed by atoms with E-state index in [4.69, 9.17) is 4.74 Å². The van der Waals surface area contributed by atoms with Crippen LogP contribution in [-0.4, -0.2) is 31.0 Å². The minimum Gasteiger partial charge on any atom is -0.497 e. The maximum absolute atomic E-state index is 12.9. The molecule has 3 rings (SSSR count). The molecule has 1 atom stereocenters. The normalized spacial score (nSPS) is 17.4. The molecule has 132 valence electrons. The third-order valence-electron chi connectivity index (χ3n) is 4.61. The number of rotatable bonds is 6. The Morgan fingerprint density at radius 2 is 1.92 bits per heavy atom. The van der Waals surface area contributed by atoms with Gasteiger partial charge in [-0.15, -0.1) is 0 Å². The first kappa shape index (κ1) is 17.4. The van der Waals surface area contributed by atoms with Crippen molar-refractivity contribution in [2.45, 2.75) is 25.4 Å². The van der Waals surface area contributed by atoms with Crippen molar-refractivity contribution in [1.82, 2.24) is 10.2 Å². The van der Waals surface area contributed by atoms with Gasteiger partial charge in [0.05, 0.1) is 13.7 Å². The van der Waals surface area contributed by atoms with Gasteiger partial charge in [0.1, 0.15) is 11.6 Å². The molecule has 4 nitrogen and oxygen atoms in total. The van der Waals surface area contributed by atoms with Crippen molar-refractivity contribution in [2.75, 3.05) is 20.2 Å². The van der Waals surface area contributed by atoms with Crippen molar-refractivity contribution in [1.29, 1.82) is 0 Å². The van der Waals surface area contributed by atoms with Crippen LogP contribution in [0.15, 0.2) is 48.5 Å². The molecule has 1 aliphatic rings. The average Bonchev–Trinajstić information content (AvgIpc) is 3.09. The molecule has 1 unspecified atom stereocenters. The van der Waals surface area contributed by atoms with Gasteiger partial charge in [-0.1, -0.05) is 24.3 Å². The lowest BCUT2D eigenvalue weighted by atomic mass is 10.0. The molecule has 1 heterocycles. The van der Waals surface area contributed by atoms with E-state index in [1.807, 2.05) is 12.1 Å². The molecule has 0 spiro atoms. The highest BCUT2D eigenvalue weighted by molar-refractivity contribution is 5.78. The summed E-state index contributed by atoms with van der Waals surface area (Å²) in [6, 6.07) is 14.5. The van der Waals surface area contributed by atoms with Gasteiger partial charge in [-0.2, -0.15) is 0 Å². The molecule has 5 heteroatoms. The highest BCUT2D eigenvalue weighted by atomic mass is 19.1.